The number of hydrogen-bond donors (Lipinski definition) is 0. The molecule has 0 saturated heterocycles. The summed E-state index contributed by atoms with van der Waals surface area (Å²) in [6.45, 7) is 19.2. The molecule has 8 rings (SSSR count). The van der Waals surface area contributed by atoms with Gasteiger partial charge in [-0.25, -0.2) is 0 Å². The third-order valence-corrected chi connectivity index (χ3v) is 21.2. The van der Waals surface area contributed by atoms with Gasteiger partial charge in [0.2, 0.25) is 0 Å². The van der Waals surface area contributed by atoms with Crippen LogP contribution in [-0.2, 0) is 57.8 Å². The van der Waals surface area contributed by atoms with Crippen LogP contribution in [0.3, 0.4) is 0 Å². The third-order valence-electron chi connectivity index (χ3n) is 12.9. The van der Waals surface area contributed by atoms with Crippen LogP contribution in [0.5, 0.6) is 0 Å². The smallest absolute Gasteiger partial charge is 0.147 e. The molecule has 0 amide bonds. The predicted molar refractivity (Wildman–Crippen MR) is 272 cm³/mol. The van der Waals surface area contributed by atoms with Gasteiger partial charge < -0.3 is 0 Å². The molecule has 6 aromatic carbocycles. The van der Waals surface area contributed by atoms with Crippen molar-refractivity contribution in [2.45, 2.75) is 115 Å². The number of benzene rings is 6. The van der Waals surface area contributed by atoms with Gasteiger partial charge in [0.05, 0.1) is 0 Å². The second-order valence-corrected chi connectivity index (χ2v) is 26.2. The Morgan fingerprint density at radius 3 is 1.32 bits per heavy atom. The molecule has 62 heavy (non-hydrogen) atoms. The molecule has 0 nitrogen and oxygen atoms in total. The van der Waals surface area contributed by atoms with E-state index in [2.05, 4.69) is 207 Å². The van der Waals surface area contributed by atoms with Crippen LogP contribution >= 0.6 is 24.8 Å². The summed E-state index contributed by atoms with van der Waals surface area (Å²) in [4.78, 5) is 0. The maximum atomic E-state index is 2.72. The van der Waals surface area contributed by atoms with Gasteiger partial charge >= 0.3 is 372 Å². The average Bonchev–Trinajstić information content (AvgIpc) is 3.88. The van der Waals surface area contributed by atoms with Crippen LogP contribution in [0.25, 0.3) is 33.4 Å². The van der Waals surface area contributed by atoms with E-state index in [-0.39, 0.29) is 35.6 Å². The van der Waals surface area contributed by atoms with E-state index in [1.54, 1.807) is 17.6 Å². The number of halogens is 2. The van der Waals surface area contributed by atoms with Crippen molar-refractivity contribution in [2.75, 3.05) is 0 Å². The molecule has 0 N–H and O–H groups in total. The van der Waals surface area contributed by atoms with E-state index < -0.39 is 21.3 Å². The minimum atomic E-state index is -2.84. The Hall–Kier alpha value is -3.87. The quantitative estimate of drug-likeness (QED) is 0.115. The Bertz CT molecular complexity index is 2440. The first kappa shape index (κ1) is 47.6. The molecule has 0 aromatic heterocycles. The van der Waals surface area contributed by atoms with E-state index >= 15 is 0 Å². The second-order valence-electron chi connectivity index (χ2n) is 19.4. The molecule has 0 bridgehead atoms. The number of allylic oxidation sites excluding steroid dienone is 4. The zero-order chi connectivity index (χ0) is 42.0. The van der Waals surface area contributed by atoms with E-state index in [0.717, 1.165) is 44.9 Å². The summed E-state index contributed by atoms with van der Waals surface area (Å²) in [7, 11) is 0. The molecule has 320 valence electrons. The maximum Gasteiger partial charge on any atom is -0.147 e. The van der Waals surface area contributed by atoms with Gasteiger partial charge in [0, 0.05) is 0 Å². The minimum absolute atomic E-state index is 0. The molecule has 0 unspecified atom stereocenters. The first-order valence-electron chi connectivity index (χ1n) is 22.7. The van der Waals surface area contributed by atoms with Crippen molar-refractivity contribution >= 4 is 28.0 Å². The van der Waals surface area contributed by atoms with Crippen LogP contribution in [-0.4, -0.2) is 3.21 Å². The number of hydrogen-bond acceptors (Lipinski definition) is 0. The van der Waals surface area contributed by atoms with Crippen LogP contribution in [0.1, 0.15) is 123 Å². The first-order chi connectivity index (χ1) is 29.0. The van der Waals surface area contributed by atoms with Crippen molar-refractivity contribution in [3.8, 4) is 33.4 Å². The largest absolute Gasteiger partial charge is 0.147 e. The fourth-order valence-electron chi connectivity index (χ4n) is 10.1. The van der Waals surface area contributed by atoms with Gasteiger partial charge in [0.15, 0.2) is 0 Å². The zero-order valence-electron chi connectivity index (χ0n) is 38.3. The van der Waals surface area contributed by atoms with Crippen molar-refractivity contribution in [2.24, 2.45) is 0 Å². The normalized spacial score (nSPS) is 13.2. The molecular formula is C59H66Cl2Zr. The summed E-state index contributed by atoms with van der Waals surface area (Å²) < 4.78 is 3.86. The van der Waals surface area contributed by atoms with Crippen molar-refractivity contribution in [1.29, 1.82) is 0 Å². The molecule has 6 aromatic rings. The van der Waals surface area contributed by atoms with Crippen LogP contribution < -0.4 is 0 Å². The van der Waals surface area contributed by atoms with E-state index in [0.29, 0.717) is 3.63 Å². The Kier molecular flexibility index (Phi) is 15.6. The van der Waals surface area contributed by atoms with Gasteiger partial charge in [-0.1, -0.05) is 0 Å². The van der Waals surface area contributed by atoms with Crippen LogP contribution in [0.2, 0.25) is 0 Å². The van der Waals surface area contributed by atoms with Gasteiger partial charge in [-0.2, -0.15) is 0 Å². The molecule has 0 atom stereocenters. The molecule has 0 aliphatic heterocycles. The Balaban J connectivity index is 0.00000321. The van der Waals surface area contributed by atoms with Crippen LogP contribution in [0, 0.1) is 0 Å². The standard InChI is InChI=1S/C39H45.C15H14.C5H5.2ClH.Zr/c1-9-15-26-17-11-13-19-30(26)34-22-28-21-29-23-35(31-20-14-12-18-27(31)16-10-2)37(39(6,7)8)25-33(29)32(28)24-36(34)38(3,4)5;1-3-8-14(9-4-1)12-7-13-15-10-5-2-6-11-15;1-2-4-5-3-1;;;/h11-14,17-25H,9-10,15-16H2,1-8H3;1-6,8-11H,12-13H2;1-3H,4H2;2*1H;. The van der Waals surface area contributed by atoms with Gasteiger partial charge in [-0.3, -0.25) is 0 Å². The molecule has 2 aliphatic rings. The molecule has 3 heteroatoms. The van der Waals surface area contributed by atoms with Crippen LogP contribution in [0.15, 0.2) is 155 Å². The number of rotatable bonds is 12. The van der Waals surface area contributed by atoms with Gasteiger partial charge in [0.1, 0.15) is 0 Å². The predicted octanol–water partition coefficient (Wildman–Crippen LogP) is 16.6. The summed E-state index contributed by atoms with van der Waals surface area (Å²) in [5.74, 6) is 0. The SMILES string of the molecule is CCCc1ccccc1-c1cc2c(cc1C(C)(C)C)-c1cc(C(C)(C)C)c(-c3ccccc3CCC)cc1[CH]2[Zr]([C]1=CC=CC1)=[C](Cc1ccccc1)Cc1ccccc1.Cl.Cl. The summed E-state index contributed by atoms with van der Waals surface area (Å²) >= 11 is -2.84. The Labute approximate surface area is 394 Å². The molecule has 0 spiro atoms. The van der Waals surface area contributed by atoms with Crippen molar-refractivity contribution in [3.63, 3.8) is 0 Å². The zero-order valence-corrected chi connectivity index (χ0v) is 42.4. The second kappa shape index (κ2) is 20.3. The van der Waals surface area contributed by atoms with Gasteiger partial charge in [-0.15, -0.1) is 24.8 Å². The topological polar surface area (TPSA) is 0 Å². The average molecular weight is 937 g/mol. The molecule has 0 radical (unpaired) electrons. The summed E-state index contributed by atoms with van der Waals surface area (Å²) in [5, 5.41) is 0. The Morgan fingerprint density at radius 1 is 0.516 bits per heavy atom. The minimum Gasteiger partial charge on any atom is -0.147 e. The number of fused-ring (bicyclic) bond motifs is 3. The molecule has 0 fully saturated rings. The van der Waals surface area contributed by atoms with E-state index in [4.69, 9.17) is 0 Å². The number of aryl methyl sites for hydroxylation is 2. The maximum absolute atomic E-state index is 2.84. The van der Waals surface area contributed by atoms with Gasteiger partial charge in [0.25, 0.3) is 0 Å². The summed E-state index contributed by atoms with van der Waals surface area (Å²) in [6.07, 6.45) is 14.9. The van der Waals surface area contributed by atoms with E-state index in [9.17, 15) is 0 Å². The fourth-order valence-corrected chi connectivity index (χ4v) is 19.3. The molecule has 0 heterocycles. The fraction of sp³-hybridized carbons (Fsp3) is 0.305. The summed E-state index contributed by atoms with van der Waals surface area (Å²) in [5.41, 5.74) is 20.4. The van der Waals surface area contributed by atoms with Gasteiger partial charge in [-0.05, 0) is 0 Å². The Morgan fingerprint density at radius 2 is 0.935 bits per heavy atom. The molecule has 0 saturated carbocycles. The van der Waals surface area contributed by atoms with Crippen LogP contribution in [0.4, 0.5) is 0 Å². The van der Waals surface area contributed by atoms with Crippen molar-refractivity contribution < 1.29 is 21.3 Å². The van der Waals surface area contributed by atoms with Crippen molar-refractivity contribution in [1.82, 2.24) is 0 Å². The summed E-state index contributed by atoms with van der Waals surface area (Å²) in [6, 6.07) is 52.1. The van der Waals surface area contributed by atoms with Crippen molar-refractivity contribution in [3.05, 3.63) is 199 Å². The third kappa shape index (κ3) is 9.92. The molecule has 2 aliphatic carbocycles. The van der Waals surface area contributed by atoms with E-state index in [1.165, 1.54) is 66.8 Å². The first-order valence-corrected chi connectivity index (χ1v) is 26.5. The monoisotopic (exact) mass is 934 g/mol. The van der Waals surface area contributed by atoms with E-state index in [1.807, 2.05) is 0 Å². The molecular weight excluding hydrogens is 871 g/mol.